The number of nitrogens with zero attached hydrogens (tertiary/aromatic N) is 1. The van der Waals surface area contributed by atoms with Crippen LogP contribution in [0, 0.1) is 0 Å². The molecule has 4 heteroatoms. The maximum atomic E-state index is 11.9. The third-order valence-corrected chi connectivity index (χ3v) is 3.64. The zero-order valence-corrected chi connectivity index (χ0v) is 9.72. The van der Waals surface area contributed by atoms with E-state index in [-0.39, 0.29) is 5.91 Å². The van der Waals surface area contributed by atoms with Crippen molar-refractivity contribution in [3.8, 4) is 0 Å². The molecule has 2 rings (SSSR count). The van der Waals surface area contributed by atoms with E-state index in [9.17, 15) is 4.79 Å². The average Bonchev–Trinajstić information content (AvgIpc) is 2.88. The van der Waals surface area contributed by atoms with Gasteiger partial charge in [-0.3, -0.25) is 4.79 Å². The summed E-state index contributed by atoms with van der Waals surface area (Å²) in [5.74, 6) is 0.224. The van der Waals surface area contributed by atoms with Crippen LogP contribution in [0.3, 0.4) is 0 Å². The molecule has 1 aliphatic heterocycles. The predicted molar refractivity (Wildman–Crippen MR) is 62.1 cm³/mol. The normalized spacial score (nSPS) is 20.5. The number of hydrogen-bond acceptors (Lipinski definition) is 3. The van der Waals surface area contributed by atoms with Crippen LogP contribution in [-0.4, -0.2) is 37.0 Å². The molecule has 2 heterocycles. The molecule has 3 nitrogen and oxygen atoms in total. The molecular weight excluding hydrogens is 208 g/mol. The average molecular weight is 224 g/mol. The molecule has 0 radical (unpaired) electrons. The van der Waals surface area contributed by atoms with Crippen LogP contribution in [0.1, 0.15) is 12.0 Å². The Bertz CT molecular complexity index is 317. The molecular formula is C11H16N2OS. The molecule has 1 N–H and O–H groups in total. The van der Waals surface area contributed by atoms with Gasteiger partial charge in [0, 0.05) is 19.6 Å². The number of thiophene rings is 1. The lowest BCUT2D eigenvalue weighted by Crippen LogP contribution is -2.39. The van der Waals surface area contributed by atoms with Crippen LogP contribution < -0.4 is 5.32 Å². The van der Waals surface area contributed by atoms with Gasteiger partial charge in [0.2, 0.25) is 5.91 Å². The molecule has 0 aliphatic carbocycles. The minimum Gasteiger partial charge on any atom is -0.341 e. The molecule has 15 heavy (non-hydrogen) atoms. The lowest BCUT2D eigenvalue weighted by atomic mass is 10.2. The van der Waals surface area contributed by atoms with Crippen LogP contribution >= 0.6 is 11.3 Å². The van der Waals surface area contributed by atoms with Gasteiger partial charge in [0.1, 0.15) is 0 Å². The van der Waals surface area contributed by atoms with Crippen LogP contribution in [0.5, 0.6) is 0 Å². The summed E-state index contributed by atoms with van der Waals surface area (Å²) in [5.41, 5.74) is 1.13. The molecule has 1 aromatic rings. The second-order valence-corrected chi connectivity index (χ2v) is 4.74. The van der Waals surface area contributed by atoms with E-state index in [0.29, 0.717) is 12.5 Å². The molecule has 1 aliphatic rings. The van der Waals surface area contributed by atoms with Gasteiger partial charge in [-0.15, -0.1) is 0 Å². The smallest absolute Gasteiger partial charge is 0.227 e. The number of hydrogen-bond donors (Lipinski definition) is 1. The second kappa shape index (κ2) is 4.77. The molecule has 0 unspecified atom stereocenters. The Morgan fingerprint density at radius 1 is 1.73 bits per heavy atom. The van der Waals surface area contributed by atoms with E-state index < -0.39 is 0 Å². The van der Waals surface area contributed by atoms with Crippen molar-refractivity contribution in [2.45, 2.75) is 18.9 Å². The third kappa shape index (κ3) is 2.58. The maximum absolute atomic E-state index is 11.9. The molecule has 0 aromatic carbocycles. The molecule has 1 amide bonds. The number of rotatable bonds is 3. The zero-order chi connectivity index (χ0) is 10.7. The first-order valence-corrected chi connectivity index (χ1v) is 6.19. The summed E-state index contributed by atoms with van der Waals surface area (Å²) in [7, 11) is 1.91. The van der Waals surface area contributed by atoms with Gasteiger partial charge >= 0.3 is 0 Å². The first-order valence-electron chi connectivity index (χ1n) is 5.25. The minimum atomic E-state index is 0.224. The largest absolute Gasteiger partial charge is 0.341 e. The Balaban J connectivity index is 1.89. The van der Waals surface area contributed by atoms with Gasteiger partial charge < -0.3 is 10.2 Å². The Labute approximate surface area is 94.1 Å². The Hall–Kier alpha value is -0.870. The number of nitrogens with one attached hydrogen (secondary N) is 1. The summed E-state index contributed by atoms with van der Waals surface area (Å²) in [6, 6.07) is 2.40. The first kappa shape index (κ1) is 10.6. The fraction of sp³-hybridized carbons (Fsp3) is 0.545. The lowest BCUT2D eigenvalue weighted by Gasteiger charge is -2.23. The highest BCUT2D eigenvalue weighted by Crippen LogP contribution is 2.11. The minimum absolute atomic E-state index is 0.224. The Kier molecular flexibility index (Phi) is 3.38. The van der Waals surface area contributed by atoms with Gasteiger partial charge in [0.25, 0.3) is 0 Å². The standard InChI is InChI=1S/C11H16N2OS/c1-13(10-2-4-12-7-10)11(14)6-9-3-5-15-8-9/h3,5,8,10,12H,2,4,6-7H2,1H3/t10-/m0/s1. The number of carbonyl (C=O) groups excluding carboxylic acids is 1. The Morgan fingerprint density at radius 2 is 2.60 bits per heavy atom. The lowest BCUT2D eigenvalue weighted by molar-refractivity contribution is -0.130. The molecule has 1 fully saturated rings. The van der Waals surface area contributed by atoms with E-state index >= 15 is 0 Å². The SMILES string of the molecule is CN(C(=O)Cc1ccsc1)[C@H]1CCNC1. The summed E-state index contributed by atoms with van der Waals surface area (Å²) >= 11 is 1.64. The van der Waals surface area contributed by atoms with Crippen molar-refractivity contribution in [3.05, 3.63) is 22.4 Å². The highest BCUT2D eigenvalue weighted by atomic mass is 32.1. The van der Waals surface area contributed by atoms with Gasteiger partial charge in [-0.1, -0.05) is 0 Å². The maximum Gasteiger partial charge on any atom is 0.227 e. The van der Waals surface area contributed by atoms with Crippen molar-refractivity contribution < 1.29 is 4.79 Å². The number of likely N-dealkylation sites (N-methyl/N-ethyl adjacent to an activating group) is 1. The molecule has 1 saturated heterocycles. The number of carbonyl (C=O) groups is 1. The van der Waals surface area contributed by atoms with E-state index in [1.54, 1.807) is 11.3 Å². The fourth-order valence-electron chi connectivity index (χ4n) is 1.87. The van der Waals surface area contributed by atoms with Gasteiger partial charge in [-0.25, -0.2) is 0 Å². The number of amides is 1. The highest BCUT2D eigenvalue weighted by molar-refractivity contribution is 7.07. The van der Waals surface area contributed by atoms with Crippen molar-refractivity contribution in [2.75, 3.05) is 20.1 Å². The van der Waals surface area contributed by atoms with Crippen molar-refractivity contribution in [1.82, 2.24) is 10.2 Å². The van der Waals surface area contributed by atoms with Crippen LogP contribution in [0.2, 0.25) is 0 Å². The van der Waals surface area contributed by atoms with Crippen LogP contribution in [0.15, 0.2) is 16.8 Å². The van der Waals surface area contributed by atoms with Crippen molar-refractivity contribution in [3.63, 3.8) is 0 Å². The van der Waals surface area contributed by atoms with Gasteiger partial charge in [0.05, 0.1) is 6.42 Å². The van der Waals surface area contributed by atoms with Crippen molar-refractivity contribution in [1.29, 1.82) is 0 Å². The van der Waals surface area contributed by atoms with Crippen molar-refractivity contribution >= 4 is 17.2 Å². The van der Waals surface area contributed by atoms with Gasteiger partial charge in [-0.05, 0) is 35.4 Å². The monoisotopic (exact) mass is 224 g/mol. The Morgan fingerprint density at radius 3 is 3.20 bits per heavy atom. The molecule has 82 valence electrons. The summed E-state index contributed by atoms with van der Waals surface area (Å²) < 4.78 is 0. The summed E-state index contributed by atoms with van der Waals surface area (Å²) in [6.45, 7) is 1.96. The van der Waals surface area contributed by atoms with Gasteiger partial charge in [-0.2, -0.15) is 11.3 Å². The molecule has 0 saturated carbocycles. The summed E-state index contributed by atoms with van der Waals surface area (Å²) in [4.78, 5) is 13.8. The highest BCUT2D eigenvalue weighted by Gasteiger charge is 2.22. The fourth-order valence-corrected chi connectivity index (χ4v) is 2.53. The van der Waals surface area contributed by atoms with E-state index in [0.717, 1.165) is 25.1 Å². The van der Waals surface area contributed by atoms with E-state index in [1.807, 2.05) is 28.8 Å². The van der Waals surface area contributed by atoms with Crippen LogP contribution in [0.25, 0.3) is 0 Å². The summed E-state index contributed by atoms with van der Waals surface area (Å²) in [6.07, 6.45) is 1.61. The van der Waals surface area contributed by atoms with Crippen LogP contribution in [-0.2, 0) is 11.2 Å². The zero-order valence-electron chi connectivity index (χ0n) is 8.90. The van der Waals surface area contributed by atoms with Crippen molar-refractivity contribution in [2.24, 2.45) is 0 Å². The second-order valence-electron chi connectivity index (χ2n) is 3.96. The predicted octanol–water partition coefficient (Wildman–Crippen LogP) is 1.11. The topological polar surface area (TPSA) is 32.3 Å². The van der Waals surface area contributed by atoms with Crippen LogP contribution in [0.4, 0.5) is 0 Å². The summed E-state index contributed by atoms with van der Waals surface area (Å²) in [5, 5.41) is 7.33. The molecule has 0 spiro atoms. The third-order valence-electron chi connectivity index (χ3n) is 2.91. The molecule has 0 bridgehead atoms. The van der Waals surface area contributed by atoms with E-state index in [4.69, 9.17) is 0 Å². The van der Waals surface area contributed by atoms with Gasteiger partial charge in [0.15, 0.2) is 0 Å². The first-order chi connectivity index (χ1) is 7.27. The molecule has 1 aromatic heterocycles. The van der Waals surface area contributed by atoms with E-state index in [2.05, 4.69) is 5.32 Å². The van der Waals surface area contributed by atoms with E-state index in [1.165, 1.54) is 0 Å². The quantitative estimate of drug-likeness (QED) is 0.834. The molecule has 1 atom stereocenters.